The Morgan fingerprint density at radius 1 is 1.12 bits per heavy atom. The van der Waals surface area contributed by atoms with E-state index in [-0.39, 0.29) is 6.42 Å². The summed E-state index contributed by atoms with van der Waals surface area (Å²) in [4.78, 5) is 17.1. The second-order valence-electron chi connectivity index (χ2n) is 8.59. The highest BCUT2D eigenvalue weighted by molar-refractivity contribution is 9.10. The summed E-state index contributed by atoms with van der Waals surface area (Å²) in [7, 11) is 0. The number of halogens is 3. The van der Waals surface area contributed by atoms with E-state index in [1.807, 2.05) is 30.3 Å². The van der Waals surface area contributed by atoms with E-state index in [2.05, 4.69) is 38.1 Å². The van der Waals surface area contributed by atoms with Gasteiger partial charge in [-0.25, -0.2) is 18.6 Å². The van der Waals surface area contributed by atoms with Gasteiger partial charge < -0.3 is 15.8 Å². The van der Waals surface area contributed by atoms with Crippen LogP contribution in [-0.2, 0) is 11.2 Å². The number of carbonyl (C=O) groups is 1. The number of nitrogens with zero attached hydrogens (tertiary/aromatic N) is 1. The highest BCUT2D eigenvalue weighted by Gasteiger charge is 2.24. The van der Waals surface area contributed by atoms with Crippen molar-refractivity contribution in [2.24, 2.45) is 0 Å². The number of nitrogens with two attached hydrogens (primary N) is 1. The van der Waals surface area contributed by atoms with Gasteiger partial charge in [-0.3, -0.25) is 0 Å². The first-order chi connectivity index (χ1) is 16.0. The van der Waals surface area contributed by atoms with Crippen molar-refractivity contribution in [1.29, 1.82) is 0 Å². The molecular formula is C26H24BrF2N3O2. The lowest BCUT2D eigenvalue weighted by Crippen LogP contribution is -2.36. The molecule has 0 saturated carbocycles. The molecule has 0 bridgehead atoms. The molecule has 0 fully saturated rings. The number of nitrogen functional groups attached to an aromatic ring is 1. The second kappa shape index (κ2) is 10.7. The largest absolute Gasteiger partial charge is 0.444 e. The number of anilines is 1. The fourth-order valence-electron chi connectivity index (χ4n) is 3.14. The standard InChI is InChI=1S/C26H24BrF2N3O2/c1-26(2,3)34-25(33)32-23(13-17-11-18(28)14-19(29)12-17)24-20(27)15-21(30)22(31-24)10-9-16-7-5-4-6-8-16/h4-8,11-12,14-15,23H,13,30H2,1-3H3,(H,32,33)/t23-/m0/s1. The van der Waals surface area contributed by atoms with Crippen molar-refractivity contribution in [1.82, 2.24) is 10.3 Å². The van der Waals surface area contributed by atoms with Crippen LogP contribution in [0.4, 0.5) is 19.3 Å². The van der Waals surface area contributed by atoms with Gasteiger partial charge in [0.1, 0.15) is 22.9 Å². The molecule has 1 amide bonds. The van der Waals surface area contributed by atoms with Gasteiger partial charge in [-0.15, -0.1) is 0 Å². The van der Waals surface area contributed by atoms with Crippen LogP contribution in [0, 0.1) is 23.5 Å². The Kier molecular flexibility index (Phi) is 7.90. The van der Waals surface area contributed by atoms with Gasteiger partial charge in [0.05, 0.1) is 17.4 Å². The maximum Gasteiger partial charge on any atom is 0.408 e. The van der Waals surface area contributed by atoms with Crippen LogP contribution in [0.1, 0.15) is 49.3 Å². The normalized spacial score (nSPS) is 11.8. The van der Waals surface area contributed by atoms with E-state index in [1.165, 1.54) is 12.1 Å². The van der Waals surface area contributed by atoms with Gasteiger partial charge in [0, 0.05) is 16.1 Å². The Balaban J connectivity index is 2.01. The molecule has 0 aliphatic heterocycles. The number of amides is 1. The van der Waals surface area contributed by atoms with E-state index >= 15 is 0 Å². The SMILES string of the molecule is CC(C)(C)OC(=O)N[C@@H](Cc1cc(F)cc(F)c1)c1nc(C#Cc2ccccc2)c(N)cc1Br. The smallest absolute Gasteiger partial charge is 0.408 e. The minimum absolute atomic E-state index is 0.0506. The molecule has 0 aliphatic rings. The fraction of sp³-hybridized carbons (Fsp3) is 0.231. The number of pyridine rings is 1. The quantitative estimate of drug-likeness (QED) is 0.413. The minimum atomic E-state index is -0.789. The van der Waals surface area contributed by atoms with Gasteiger partial charge in [0.15, 0.2) is 0 Å². The summed E-state index contributed by atoms with van der Waals surface area (Å²) in [6, 6.07) is 13.4. The van der Waals surface area contributed by atoms with Crippen LogP contribution in [0.15, 0.2) is 59.1 Å². The van der Waals surface area contributed by atoms with Gasteiger partial charge in [-0.1, -0.05) is 24.1 Å². The van der Waals surface area contributed by atoms with Crippen LogP contribution < -0.4 is 11.1 Å². The van der Waals surface area contributed by atoms with Crippen molar-refractivity contribution in [3.63, 3.8) is 0 Å². The molecule has 0 aliphatic carbocycles. The zero-order valence-corrected chi connectivity index (χ0v) is 20.5. The number of aromatic nitrogens is 1. The summed E-state index contributed by atoms with van der Waals surface area (Å²) in [5, 5.41) is 2.75. The Labute approximate surface area is 205 Å². The zero-order valence-electron chi connectivity index (χ0n) is 19.0. The molecular weight excluding hydrogens is 504 g/mol. The van der Waals surface area contributed by atoms with E-state index in [0.717, 1.165) is 11.6 Å². The number of hydrogen-bond acceptors (Lipinski definition) is 4. The third-order valence-corrected chi connectivity index (χ3v) is 5.15. The molecule has 3 rings (SSSR count). The molecule has 2 aromatic carbocycles. The van der Waals surface area contributed by atoms with Crippen LogP contribution in [0.5, 0.6) is 0 Å². The topological polar surface area (TPSA) is 77.2 Å². The van der Waals surface area contributed by atoms with Crippen molar-refractivity contribution in [2.75, 3.05) is 5.73 Å². The van der Waals surface area contributed by atoms with Crippen LogP contribution in [0.3, 0.4) is 0 Å². The number of rotatable bonds is 4. The summed E-state index contributed by atoms with van der Waals surface area (Å²) in [6.45, 7) is 5.20. The first kappa shape index (κ1) is 25.2. The monoisotopic (exact) mass is 527 g/mol. The van der Waals surface area contributed by atoms with Crippen LogP contribution >= 0.6 is 15.9 Å². The highest BCUT2D eigenvalue weighted by Crippen LogP contribution is 2.29. The molecule has 1 heterocycles. The molecule has 0 unspecified atom stereocenters. The van der Waals surface area contributed by atoms with Gasteiger partial charge in [0.2, 0.25) is 0 Å². The predicted molar refractivity (Wildman–Crippen MR) is 131 cm³/mol. The van der Waals surface area contributed by atoms with Crippen molar-refractivity contribution in [2.45, 2.75) is 38.8 Å². The lowest BCUT2D eigenvalue weighted by atomic mass is 10.0. The molecule has 34 heavy (non-hydrogen) atoms. The number of hydrogen-bond donors (Lipinski definition) is 2. The lowest BCUT2D eigenvalue weighted by Gasteiger charge is -2.24. The van der Waals surface area contributed by atoms with Crippen molar-refractivity contribution in [3.05, 3.63) is 93.2 Å². The Bertz CT molecular complexity index is 1230. The van der Waals surface area contributed by atoms with Crippen LogP contribution in [-0.4, -0.2) is 16.7 Å². The molecule has 0 saturated heterocycles. The predicted octanol–water partition coefficient (Wildman–Crippen LogP) is 5.91. The number of nitrogens with one attached hydrogen (secondary N) is 1. The number of ether oxygens (including phenoxy) is 1. The zero-order chi connectivity index (χ0) is 24.9. The first-order valence-electron chi connectivity index (χ1n) is 10.5. The van der Waals surface area contributed by atoms with Gasteiger partial charge in [-0.05, 0) is 84.9 Å². The number of alkyl carbamates (subject to hydrolysis) is 1. The molecule has 0 spiro atoms. The molecule has 176 valence electrons. The van der Waals surface area contributed by atoms with E-state index < -0.39 is 29.4 Å². The molecule has 8 heteroatoms. The van der Waals surface area contributed by atoms with E-state index in [9.17, 15) is 13.6 Å². The summed E-state index contributed by atoms with van der Waals surface area (Å²) < 4.78 is 33.5. The van der Waals surface area contributed by atoms with E-state index in [1.54, 1.807) is 26.8 Å². The lowest BCUT2D eigenvalue weighted by molar-refractivity contribution is 0.0502. The highest BCUT2D eigenvalue weighted by atomic mass is 79.9. The average molecular weight is 528 g/mol. The summed E-state index contributed by atoms with van der Waals surface area (Å²) in [6.07, 6.45) is -0.647. The van der Waals surface area contributed by atoms with Gasteiger partial charge in [-0.2, -0.15) is 0 Å². The Hall–Kier alpha value is -3.44. The molecule has 0 radical (unpaired) electrons. The summed E-state index contributed by atoms with van der Waals surface area (Å²) in [5.41, 5.74) is 7.54. The summed E-state index contributed by atoms with van der Waals surface area (Å²) in [5.74, 6) is 4.52. The van der Waals surface area contributed by atoms with Crippen molar-refractivity contribution < 1.29 is 18.3 Å². The third-order valence-electron chi connectivity index (χ3n) is 4.51. The van der Waals surface area contributed by atoms with Crippen molar-refractivity contribution in [3.8, 4) is 11.8 Å². The minimum Gasteiger partial charge on any atom is -0.444 e. The molecule has 1 atom stereocenters. The van der Waals surface area contributed by atoms with Gasteiger partial charge >= 0.3 is 6.09 Å². The molecule has 3 N–H and O–H groups in total. The Morgan fingerprint density at radius 3 is 2.38 bits per heavy atom. The number of benzene rings is 2. The van der Waals surface area contributed by atoms with Crippen molar-refractivity contribution >= 4 is 27.7 Å². The van der Waals surface area contributed by atoms with Gasteiger partial charge in [0.25, 0.3) is 0 Å². The molecule has 1 aromatic heterocycles. The average Bonchev–Trinajstić information content (AvgIpc) is 2.71. The fourth-order valence-corrected chi connectivity index (χ4v) is 3.76. The van der Waals surface area contributed by atoms with Crippen LogP contribution in [0.25, 0.3) is 0 Å². The number of carbonyl (C=O) groups excluding carboxylic acids is 1. The Morgan fingerprint density at radius 2 is 1.76 bits per heavy atom. The first-order valence-corrected chi connectivity index (χ1v) is 11.3. The molecule has 3 aromatic rings. The van der Waals surface area contributed by atoms with E-state index in [0.29, 0.717) is 27.1 Å². The summed E-state index contributed by atoms with van der Waals surface area (Å²) >= 11 is 3.44. The molecule has 5 nitrogen and oxygen atoms in total. The maximum atomic E-state index is 13.8. The third kappa shape index (κ3) is 7.29. The van der Waals surface area contributed by atoms with E-state index in [4.69, 9.17) is 10.5 Å². The van der Waals surface area contributed by atoms with Crippen LogP contribution in [0.2, 0.25) is 0 Å². The second-order valence-corrected chi connectivity index (χ2v) is 9.44. The maximum absolute atomic E-state index is 13.8.